The zero-order valence-electron chi connectivity index (χ0n) is 18.8. The lowest BCUT2D eigenvalue weighted by atomic mass is 10.2. The average Bonchev–Trinajstić information content (AvgIpc) is 2.64. The number of hydrogen-bond acceptors (Lipinski definition) is 6. The van der Waals surface area contributed by atoms with E-state index in [2.05, 4.69) is 26.0 Å². The van der Waals surface area contributed by atoms with Crippen molar-refractivity contribution in [3.05, 3.63) is 23.3 Å². The van der Waals surface area contributed by atoms with Crippen molar-refractivity contribution < 1.29 is 26.6 Å². The molecule has 0 aromatic heterocycles. The van der Waals surface area contributed by atoms with E-state index < -0.39 is 17.6 Å². The predicted molar refractivity (Wildman–Crippen MR) is 116 cm³/mol. The van der Waals surface area contributed by atoms with Gasteiger partial charge in [0.25, 0.3) is 0 Å². The molecular weight excluding hydrogens is 392 g/mol. The van der Waals surface area contributed by atoms with E-state index in [1.165, 1.54) is 0 Å². The van der Waals surface area contributed by atoms with Gasteiger partial charge >= 0.3 is 17.6 Å². The van der Waals surface area contributed by atoms with Gasteiger partial charge in [-0.2, -0.15) is 0 Å². The van der Waals surface area contributed by atoms with Crippen molar-refractivity contribution in [1.82, 2.24) is 0 Å². The fourth-order valence-corrected chi connectivity index (χ4v) is 8.94. The van der Waals surface area contributed by atoms with Crippen molar-refractivity contribution >= 4 is 28.0 Å². The lowest BCUT2D eigenvalue weighted by Gasteiger charge is -2.33. The number of hydrogen-bond donors (Lipinski definition) is 0. The van der Waals surface area contributed by atoms with E-state index in [0.717, 1.165) is 21.5 Å². The van der Waals surface area contributed by atoms with Crippen LogP contribution in [0.2, 0.25) is 0 Å². The van der Waals surface area contributed by atoms with Crippen LogP contribution in [0.25, 0.3) is 0 Å². The Labute approximate surface area is 173 Å². The Morgan fingerprint density at radius 2 is 0.714 bits per heavy atom. The van der Waals surface area contributed by atoms with Gasteiger partial charge in [0.1, 0.15) is 0 Å². The minimum absolute atomic E-state index is 0.530. The van der Waals surface area contributed by atoms with Gasteiger partial charge in [0.15, 0.2) is 0 Å². The van der Waals surface area contributed by atoms with Crippen LogP contribution in [0, 0.1) is 13.8 Å². The highest BCUT2D eigenvalue weighted by Crippen LogP contribution is 2.18. The summed E-state index contributed by atoms with van der Waals surface area (Å²) in [6.45, 7) is 19.1. The first-order chi connectivity index (χ1) is 13.4. The SMILES string of the molecule is CCO[Si](OCC)(OCC)c1cc(C)c([Si](OCC)(OCC)OCC)cc1C. The highest BCUT2D eigenvalue weighted by Gasteiger charge is 2.48. The van der Waals surface area contributed by atoms with E-state index in [9.17, 15) is 0 Å². The van der Waals surface area contributed by atoms with E-state index in [1.54, 1.807) is 0 Å². The Hall–Kier alpha value is -0.586. The van der Waals surface area contributed by atoms with Crippen LogP contribution in [0.4, 0.5) is 0 Å². The van der Waals surface area contributed by atoms with Crippen LogP contribution in [0.5, 0.6) is 0 Å². The molecule has 0 saturated carbocycles. The fourth-order valence-electron chi connectivity index (χ4n) is 3.33. The molecule has 162 valence electrons. The lowest BCUT2D eigenvalue weighted by molar-refractivity contribution is 0.0843. The number of aryl methyl sites for hydroxylation is 2. The molecule has 0 atom stereocenters. The molecule has 1 aromatic rings. The third-order valence-corrected chi connectivity index (χ3v) is 10.6. The normalized spacial score (nSPS) is 12.6. The molecule has 0 spiro atoms. The lowest BCUT2D eigenvalue weighted by Crippen LogP contribution is -2.61. The molecule has 0 aliphatic rings. The molecule has 0 amide bonds. The highest BCUT2D eigenvalue weighted by molar-refractivity contribution is 6.77. The van der Waals surface area contributed by atoms with Crippen molar-refractivity contribution in [2.45, 2.75) is 55.4 Å². The summed E-state index contributed by atoms with van der Waals surface area (Å²) in [5.74, 6) is 0. The summed E-state index contributed by atoms with van der Waals surface area (Å²) in [6, 6.07) is 4.22. The minimum Gasteiger partial charge on any atom is -0.370 e. The molecule has 0 saturated heterocycles. The molecule has 0 aliphatic heterocycles. The largest absolute Gasteiger partial charge is 0.537 e. The maximum Gasteiger partial charge on any atom is 0.537 e. The summed E-state index contributed by atoms with van der Waals surface area (Å²) in [6.07, 6.45) is 0. The monoisotopic (exact) mass is 430 g/mol. The topological polar surface area (TPSA) is 55.4 Å². The van der Waals surface area contributed by atoms with Gasteiger partial charge in [-0.3, -0.25) is 0 Å². The summed E-state index contributed by atoms with van der Waals surface area (Å²) < 4.78 is 36.7. The van der Waals surface area contributed by atoms with Gasteiger partial charge in [-0.05, 0) is 66.5 Å². The van der Waals surface area contributed by atoms with E-state index in [4.69, 9.17) is 26.6 Å². The summed E-state index contributed by atoms with van der Waals surface area (Å²) in [7, 11) is -5.98. The van der Waals surface area contributed by atoms with E-state index in [-0.39, 0.29) is 0 Å². The first-order valence-corrected chi connectivity index (χ1v) is 13.8. The first kappa shape index (κ1) is 25.5. The van der Waals surface area contributed by atoms with Crippen LogP contribution in [0.1, 0.15) is 52.7 Å². The van der Waals surface area contributed by atoms with E-state index in [1.807, 2.05) is 41.5 Å². The van der Waals surface area contributed by atoms with Crippen LogP contribution >= 0.6 is 0 Å². The van der Waals surface area contributed by atoms with Gasteiger partial charge in [0, 0.05) is 50.0 Å². The molecule has 28 heavy (non-hydrogen) atoms. The van der Waals surface area contributed by atoms with Gasteiger partial charge in [0.2, 0.25) is 0 Å². The summed E-state index contributed by atoms with van der Waals surface area (Å²) in [5.41, 5.74) is 2.08. The third kappa shape index (κ3) is 5.73. The van der Waals surface area contributed by atoms with Crippen LogP contribution in [-0.4, -0.2) is 57.3 Å². The van der Waals surface area contributed by atoms with Gasteiger partial charge in [-0.1, -0.05) is 12.1 Å². The van der Waals surface area contributed by atoms with Gasteiger partial charge in [-0.15, -0.1) is 0 Å². The Morgan fingerprint density at radius 3 is 0.893 bits per heavy atom. The smallest absolute Gasteiger partial charge is 0.370 e. The summed E-state index contributed by atoms with van der Waals surface area (Å²) in [5, 5.41) is 1.98. The standard InChI is InChI=1S/C20H38O6Si2/c1-9-21-27(22-10-2,23-11-3)19-15-18(8)20(16-17(19)7)28(24-12-4,25-13-5)26-14-6/h15-16H,9-14H2,1-8H3. The minimum atomic E-state index is -2.99. The van der Waals surface area contributed by atoms with Crippen molar-refractivity contribution in [3.8, 4) is 0 Å². The molecular formula is C20H38O6Si2. The van der Waals surface area contributed by atoms with Gasteiger partial charge < -0.3 is 26.6 Å². The van der Waals surface area contributed by atoms with Crippen molar-refractivity contribution in [3.63, 3.8) is 0 Å². The fraction of sp³-hybridized carbons (Fsp3) is 0.700. The maximum absolute atomic E-state index is 6.11. The Bertz CT molecular complexity index is 511. The van der Waals surface area contributed by atoms with Crippen LogP contribution in [-0.2, 0) is 26.6 Å². The molecule has 0 N–H and O–H groups in total. The second-order valence-electron chi connectivity index (χ2n) is 6.19. The first-order valence-electron chi connectivity index (χ1n) is 10.4. The molecule has 8 heteroatoms. The van der Waals surface area contributed by atoms with Crippen LogP contribution < -0.4 is 10.4 Å². The molecule has 0 fully saturated rings. The molecule has 6 nitrogen and oxygen atoms in total. The molecule has 0 unspecified atom stereocenters. The van der Waals surface area contributed by atoms with Crippen molar-refractivity contribution in [2.24, 2.45) is 0 Å². The highest BCUT2D eigenvalue weighted by atomic mass is 28.4. The summed E-state index contributed by atoms with van der Waals surface area (Å²) in [4.78, 5) is 0. The molecule has 0 bridgehead atoms. The van der Waals surface area contributed by atoms with Gasteiger partial charge in [-0.25, -0.2) is 0 Å². The second kappa shape index (κ2) is 12.2. The second-order valence-corrected chi connectivity index (χ2v) is 11.2. The molecule has 0 heterocycles. The van der Waals surface area contributed by atoms with Crippen molar-refractivity contribution in [2.75, 3.05) is 39.6 Å². The van der Waals surface area contributed by atoms with E-state index in [0.29, 0.717) is 39.6 Å². The van der Waals surface area contributed by atoms with E-state index >= 15 is 0 Å². The van der Waals surface area contributed by atoms with Crippen molar-refractivity contribution in [1.29, 1.82) is 0 Å². The van der Waals surface area contributed by atoms with Crippen LogP contribution in [0.15, 0.2) is 12.1 Å². The number of rotatable bonds is 14. The average molecular weight is 431 g/mol. The zero-order valence-corrected chi connectivity index (χ0v) is 20.8. The summed E-state index contributed by atoms with van der Waals surface area (Å²) >= 11 is 0. The Balaban J connectivity index is 3.59. The molecule has 1 aromatic carbocycles. The molecule has 0 aliphatic carbocycles. The number of benzene rings is 1. The molecule has 0 radical (unpaired) electrons. The quantitative estimate of drug-likeness (QED) is 0.423. The molecule has 1 rings (SSSR count). The van der Waals surface area contributed by atoms with Crippen LogP contribution in [0.3, 0.4) is 0 Å². The maximum atomic E-state index is 6.11. The Morgan fingerprint density at radius 1 is 0.500 bits per heavy atom. The Kier molecular flexibility index (Phi) is 11.1. The predicted octanol–water partition coefficient (Wildman–Crippen LogP) is 2.81. The zero-order chi connectivity index (χ0) is 21.2. The third-order valence-electron chi connectivity index (χ3n) is 4.24. The van der Waals surface area contributed by atoms with Gasteiger partial charge in [0.05, 0.1) is 0 Å².